The van der Waals surface area contributed by atoms with Crippen molar-refractivity contribution in [3.8, 4) is 11.5 Å². The number of nitro benzene ring substituents is 1. The van der Waals surface area contributed by atoms with Gasteiger partial charge in [0.15, 0.2) is 11.5 Å². The zero-order valence-corrected chi connectivity index (χ0v) is 15.2. The minimum absolute atomic E-state index is 0.0208. The van der Waals surface area contributed by atoms with Crippen molar-refractivity contribution < 1.29 is 19.2 Å². The second-order valence-corrected chi connectivity index (χ2v) is 6.45. The third-order valence-corrected chi connectivity index (χ3v) is 4.27. The standard InChI is InChI=1S/C19H21N3O5/c1-13-15(6-5-7-16(13)22(24)25)20-19(23)11-21(2)10-14-12-26-17-8-3-4-9-18(17)27-14/h3-9,14H,10-12H2,1-2H3,(H,20,23). The van der Waals surface area contributed by atoms with Gasteiger partial charge in [0.25, 0.3) is 5.69 Å². The number of carbonyl (C=O) groups is 1. The molecule has 1 aliphatic rings. The highest BCUT2D eigenvalue weighted by Gasteiger charge is 2.23. The second kappa shape index (κ2) is 8.05. The van der Waals surface area contributed by atoms with E-state index < -0.39 is 4.92 Å². The lowest BCUT2D eigenvalue weighted by Crippen LogP contribution is -2.42. The van der Waals surface area contributed by atoms with Crippen molar-refractivity contribution >= 4 is 17.3 Å². The number of carbonyl (C=O) groups excluding carboxylic acids is 1. The molecule has 0 radical (unpaired) electrons. The topological polar surface area (TPSA) is 93.9 Å². The Balaban J connectivity index is 1.54. The SMILES string of the molecule is Cc1c(NC(=O)CN(C)CC2COc3ccccc3O2)cccc1[N+](=O)[O-]. The molecule has 2 aromatic rings. The van der Waals surface area contributed by atoms with Gasteiger partial charge >= 0.3 is 0 Å². The van der Waals surface area contributed by atoms with Crippen molar-refractivity contribution in [1.82, 2.24) is 4.90 Å². The summed E-state index contributed by atoms with van der Waals surface area (Å²) in [6.45, 7) is 2.66. The number of likely N-dealkylation sites (N-methyl/N-ethyl adjacent to an activating group) is 1. The summed E-state index contributed by atoms with van der Waals surface area (Å²) < 4.78 is 11.6. The number of nitro groups is 1. The molecule has 1 atom stereocenters. The summed E-state index contributed by atoms with van der Waals surface area (Å²) in [4.78, 5) is 24.7. The largest absolute Gasteiger partial charge is 0.486 e. The van der Waals surface area contributed by atoms with E-state index in [4.69, 9.17) is 9.47 Å². The maximum absolute atomic E-state index is 12.3. The molecule has 8 nitrogen and oxygen atoms in total. The van der Waals surface area contributed by atoms with Crippen molar-refractivity contribution in [3.05, 3.63) is 58.1 Å². The zero-order chi connectivity index (χ0) is 19.4. The average molecular weight is 371 g/mol. The number of amides is 1. The van der Waals surface area contributed by atoms with E-state index in [-0.39, 0.29) is 24.2 Å². The summed E-state index contributed by atoms with van der Waals surface area (Å²) in [7, 11) is 1.81. The highest BCUT2D eigenvalue weighted by molar-refractivity contribution is 5.93. The molecule has 0 fully saturated rings. The summed E-state index contributed by atoms with van der Waals surface area (Å²) in [5.41, 5.74) is 0.848. The van der Waals surface area contributed by atoms with E-state index >= 15 is 0 Å². The molecule has 0 aromatic heterocycles. The molecule has 8 heteroatoms. The highest BCUT2D eigenvalue weighted by atomic mass is 16.6. The molecule has 2 aromatic carbocycles. The van der Waals surface area contributed by atoms with E-state index in [1.165, 1.54) is 6.07 Å². The molecule has 1 aliphatic heterocycles. The van der Waals surface area contributed by atoms with E-state index in [9.17, 15) is 14.9 Å². The van der Waals surface area contributed by atoms with Crippen molar-refractivity contribution in [1.29, 1.82) is 0 Å². The first-order chi connectivity index (χ1) is 12.9. The lowest BCUT2D eigenvalue weighted by Gasteiger charge is -2.29. The molecular weight excluding hydrogens is 350 g/mol. The van der Waals surface area contributed by atoms with E-state index in [2.05, 4.69) is 5.32 Å². The van der Waals surface area contributed by atoms with Crippen LogP contribution in [-0.4, -0.2) is 48.6 Å². The fraction of sp³-hybridized carbons (Fsp3) is 0.316. The summed E-state index contributed by atoms with van der Waals surface area (Å²) in [5.74, 6) is 1.16. The van der Waals surface area contributed by atoms with Gasteiger partial charge in [-0.05, 0) is 32.2 Å². The van der Waals surface area contributed by atoms with Crippen LogP contribution in [-0.2, 0) is 4.79 Å². The monoisotopic (exact) mass is 371 g/mol. The summed E-state index contributed by atoms with van der Waals surface area (Å²) in [5, 5.41) is 13.7. The summed E-state index contributed by atoms with van der Waals surface area (Å²) in [6, 6.07) is 12.1. The molecule has 0 saturated carbocycles. The maximum atomic E-state index is 12.3. The minimum Gasteiger partial charge on any atom is -0.486 e. The fourth-order valence-corrected chi connectivity index (χ4v) is 2.96. The Morgan fingerprint density at radius 2 is 2.00 bits per heavy atom. The van der Waals surface area contributed by atoms with Crippen LogP contribution in [0.4, 0.5) is 11.4 Å². The molecule has 1 N–H and O–H groups in total. The van der Waals surface area contributed by atoms with Crippen LogP contribution < -0.4 is 14.8 Å². The first-order valence-corrected chi connectivity index (χ1v) is 8.55. The van der Waals surface area contributed by atoms with Gasteiger partial charge in [0.1, 0.15) is 12.7 Å². The second-order valence-electron chi connectivity index (χ2n) is 6.45. The van der Waals surface area contributed by atoms with E-state index in [0.717, 1.165) is 5.75 Å². The fourth-order valence-electron chi connectivity index (χ4n) is 2.96. The van der Waals surface area contributed by atoms with Gasteiger partial charge < -0.3 is 14.8 Å². The molecule has 1 heterocycles. The molecule has 0 saturated heterocycles. The van der Waals surface area contributed by atoms with E-state index in [1.807, 2.05) is 36.2 Å². The summed E-state index contributed by atoms with van der Waals surface area (Å²) in [6.07, 6.45) is -0.183. The van der Waals surface area contributed by atoms with Crippen molar-refractivity contribution in [2.24, 2.45) is 0 Å². The predicted molar refractivity (Wildman–Crippen MR) is 100 cm³/mol. The predicted octanol–water partition coefficient (Wildman–Crippen LogP) is 2.61. The average Bonchev–Trinajstić information content (AvgIpc) is 2.63. The normalized spacial score (nSPS) is 15.4. The van der Waals surface area contributed by atoms with Crippen LogP contribution in [0.3, 0.4) is 0 Å². The van der Waals surface area contributed by atoms with Gasteiger partial charge in [-0.3, -0.25) is 19.8 Å². The van der Waals surface area contributed by atoms with Crippen LogP contribution >= 0.6 is 0 Å². The van der Waals surface area contributed by atoms with Gasteiger partial charge in [0.2, 0.25) is 5.91 Å². The number of hydrogen-bond acceptors (Lipinski definition) is 6. The van der Waals surface area contributed by atoms with Crippen LogP contribution in [0.2, 0.25) is 0 Å². The Morgan fingerprint density at radius 3 is 2.74 bits per heavy atom. The maximum Gasteiger partial charge on any atom is 0.274 e. The first-order valence-electron chi connectivity index (χ1n) is 8.55. The molecular formula is C19H21N3O5. The van der Waals surface area contributed by atoms with Gasteiger partial charge in [0.05, 0.1) is 22.7 Å². The van der Waals surface area contributed by atoms with Gasteiger partial charge in [0, 0.05) is 12.6 Å². The number of para-hydroxylation sites is 2. The number of benzene rings is 2. The Labute approximate surface area is 156 Å². The molecule has 3 rings (SSSR count). The smallest absolute Gasteiger partial charge is 0.274 e. The lowest BCUT2D eigenvalue weighted by molar-refractivity contribution is -0.385. The van der Waals surface area contributed by atoms with E-state index in [0.29, 0.717) is 30.2 Å². The zero-order valence-electron chi connectivity index (χ0n) is 15.2. The number of nitrogens with one attached hydrogen (secondary N) is 1. The van der Waals surface area contributed by atoms with Crippen molar-refractivity contribution in [3.63, 3.8) is 0 Å². The molecule has 0 aliphatic carbocycles. The Bertz CT molecular complexity index is 855. The molecule has 0 bridgehead atoms. The van der Waals surface area contributed by atoms with Crippen LogP contribution in [0.15, 0.2) is 42.5 Å². The molecule has 0 spiro atoms. The number of hydrogen-bond donors (Lipinski definition) is 1. The molecule has 27 heavy (non-hydrogen) atoms. The number of rotatable bonds is 6. The number of ether oxygens (including phenoxy) is 2. The number of anilines is 1. The van der Waals surface area contributed by atoms with Crippen molar-refractivity contribution in [2.45, 2.75) is 13.0 Å². The van der Waals surface area contributed by atoms with Crippen LogP contribution in [0, 0.1) is 17.0 Å². The van der Waals surface area contributed by atoms with Crippen LogP contribution in [0.25, 0.3) is 0 Å². The van der Waals surface area contributed by atoms with E-state index in [1.54, 1.807) is 19.1 Å². The highest BCUT2D eigenvalue weighted by Crippen LogP contribution is 2.31. The number of nitrogens with zero attached hydrogens (tertiary/aromatic N) is 2. The van der Waals surface area contributed by atoms with Gasteiger partial charge in [-0.2, -0.15) is 0 Å². The lowest BCUT2D eigenvalue weighted by atomic mass is 10.1. The van der Waals surface area contributed by atoms with Crippen LogP contribution in [0.1, 0.15) is 5.56 Å². The molecule has 1 unspecified atom stereocenters. The van der Waals surface area contributed by atoms with Gasteiger partial charge in [-0.25, -0.2) is 0 Å². The Kier molecular flexibility index (Phi) is 5.56. The minimum atomic E-state index is -0.463. The summed E-state index contributed by atoms with van der Waals surface area (Å²) >= 11 is 0. The third-order valence-electron chi connectivity index (χ3n) is 4.27. The molecule has 142 valence electrons. The van der Waals surface area contributed by atoms with Crippen molar-refractivity contribution in [2.75, 3.05) is 32.1 Å². The van der Waals surface area contributed by atoms with Gasteiger partial charge in [-0.1, -0.05) is 18.2 Å². The molecule has 1 amide bonds. The van der Waals surface area contributed by atoms with Gasteiger partial charge in [-0.15, -0.1) is 0 Å². The third kappa shape index (κ3) is 4.53. The Hall–Kier alpha value is -3.13. The number of fused-ring (bicyclic) bond motifs is 1. The quantitative estimate of drug-likeness (QED) is 0.620. The Morgan fingerprint density at radius 1 is 1.26 bits per heavy atom. The first kappa shape index (κ1) is 18.7. The van der Waals surface area contributed by atoms with Crippen LogP contribution in [0.5, 0.6) is 11.5 Å².